The van der Waals surface area contributed by atoms with Crippen LogP contribution in [0.25, 0.3) is 28.3 Å². The van der Waals surface area contributed by atoms with E-state index in [4.69, 9.17) is 15.3 Å². The molecule has 10 heteroatoms. The Morgan fingerprint density at radius 3 is 2.57 bits per heavy atom. The highest BCUT2D eigenvalue weighted by Gasteiger charge is 2.35. The number of nitrogens with two attached hydrogens (primary N) is 1. The Morgan fingerprint density at radius 1 is 1.14 bits per heavy atom. The first-order valence-electron chi connectivity index (χ1n) is 10.3. The number of fused-ring (bicyclic) bond motifs is 1. The van der Waals surface area contributed by atoms with Crippen LogP contribution in [0, 0.1) is 0 Å². The van der Waals surface area contributed by atoms with E-state index in [1.165, 1.54) is 24.3 Å². The second-order valence-corrected chi connectivity index (χ2v) is 7.62. The summed E-state index contributed by atoms with van der Waals surface area (Å²) < 4.78 is 46.9. The fourth-order valence-electron chi connectivity index (χ4n) is 3.31. The van der Waals surface area contributed by atoms with Crippen molar-refractivity contribution < 1.29 is 27.5 Å². The summed E-state index contributed by atoms with van der Waals surface area (Å²) in [5, 5.41) is 12.2. The molecule has 0 aliphatic carbocycles. The SMILES string of the molecule is C=C(/C=C/c1ccc(N)nc1)NCc1cc2cc(-c3ccc(C(=O)O)cn3)cc(C(F)(F)F)c2o1. The molecule has 0 saturated carbocycles. The fourth-order valence-corrected chi connectivity index (χ4v) is 3.31. The highest BCUT2D eigenvalue weighted by molar-refractivity contribution is 5.89. The van der Waals surface area contributed by atoms with Crippen LogP contribution in [-0.4, -0.2) is 21.0 Å². The molecule has 0 spiro atoms. The van der Waals surface area contributed by atoms with Crippen molar-refractivity contribution >= 4 is 28.8 Å². The lowest BCUT2D eigenvalue weighted by Crippen LogP contribution is -2.09. The molecule has 0 bridgehead atoms. The van der Waals surface area contributed by atoms with Crippen molar-refractivity contribution in [2.24, 2.45) is 0 Å². The minimum absolute atomic E-state index is 0.0653. The number of rotatable bonds is 7. The lowest BCUT2D eigenvalue weighted by molar-refractivity contribution is -0.136. The molecule has 0 fully saturated rings. The van der Waals surface area contributed by atoms with Crippen molar-refractivity contribution in [3.05, 3.63) is 95.7 Å². The first kappa shape index (κ1) is 23.6. The molecule has 0 aliphatic rings. The van der Waals surface area contributed by atoms with Crippen LogP contribution < -0.4 is 11.1 Å². The second-order valence-electron chi connectivity index (χ2n) is 7.62. The number of pyridine rings is 2. The number of nitrogens with zero attached hydrogens (tertiary/aromatic N) is 2. The molecule has 0 saturated heterocycles. The summed E-state index contributed by atoms with van der Waals surface area (Å²) in [7, 11) is 0. The van der Waals surface area contributed by atoms with E-state index < -0.39 is 17.7 Å². The van der Waals surface area contributed by atoms with E-state index in [0.717, 1.165) is 17.8 Å². The van der Waals surface area contributed by atoms with Crippen molar-refractivity contribution in [1.29, 1.82) is 0 Å². The average molecular weight is 480 g/mol. The van der Waals surface area contributed by atoms with Gasteiger partial charge in [0.1, 0.15) is 17.2 Å². The van der Waals surface area contributed by atoms with Crippen LogP contribution in [0.5, 0.6) is 0 Å². The number of carboxylic acids is 1. The zero-order chi connectivity index (χ0) is 25.2. The van der Waals surface area contributed by atoms with Gasteiger partial charge in [-0.05, 0) is 54.1 Å². The van der Waals surface area contributed by atoms with Crippen LogP contribution >= 0.6 is 0 Å². The number of alkyl halides is 3. The molecule has 0 amide bonds. The van der Waals surface area contributed by atoms with Gasteiger partial charge in [-0.2, -0.15) is 13.2 Å². The van der Waals surface area contributed by atoms with Crippen LogP contribution in [0.1, 0.15) is 27.2 Å². The van der Waals surface area contributed by atoms with Crippen LogP contribution in [0.3, 0.4) is 0 Å². The molecule has 1 aromatic carbocycles. The maximum absolute atomic E-state index is 13.8. The lowest BCUT2D eigenvalue weighted by Gasteiger charge is -2.10. The van der Waals surface area contributed by atoms with Crippen molar-refractivity contribution in [2.75, 3.05) is 5.73 Å². The van der Waals surface area contributed by atoms with E-state index in [-0.39, 0.29) is 40.1 Å². The van der Waals surface area contributed by atoms with Gasteiger partial charge in [0.15, 0.2) is 0 Å². The highest BCUT2D eigenvalue weighted by atomic mass is 19.4. The third kappa shape index (κ3) is 5.49. The number of hydrogen-bond donors (Lipinski definition) is 3. The number of carbonyl (C=O) groups is 1. The Hall–Kier alpha value is -4.60. The maximum Gasteiger partial charge on any atom is 0.420 e. The summed E-state index contributed by atoms with van der Waals surface area (Å²) in [4.78, 5) is 19.0. The van der Waals surface area contributed by atoms with Gasteiger partial charge in [0.05, 0.1) is 23.4 Å². The minimum atomic E-state index is -4.67. The van der Waals surface area contributed by atoms with Gasteiger partial charge < -0.3 is 20.6 Å². The zero-order valence-corrected chi connectivity index (χ0v) is 18.1. The summed E-state index contributed by atoms with van der Waals surface area (Å²) in [6, 6.07) is 10.1. The average Bonchev–Trinajstić information content (AvgIpc) is 3.24. The van der Waals surface area contributed by atoms with Crippen molar-refractivity contribution in [3.63, 3.8) is 0 Å². The molecule has 0 atom stereocenters. The van der Waals surface area contributed by atoms with Crippen molar-refractivity contribution in [1.82, 2.24) is 15.3 Å². The summed E-state index contributed by atoms with van der Waals surface area (Å²) >= 11 is 0. The van der Waals surface area contributed by atoms with Gasteiger partial charge in [0.25, 0.3) is 0 Å². The van der Waals surface area contributed by atoms with E-state index in [9.17, 15) is 18.0 Å². The molecule has 0 unspecified atom stereocenters. The molecule has 35 heavy (non-hydrogen) atoms. The van der Waals surface area contributed by atoms with E-state index in [0.29, 0.717) is 11.5 Å². The molecular formula is C25H19F3N4O3. The van der Waals surface area contributed by atoms with E-state index >= 15 is 0 Å². The summed E-state index contributed by atoms with van der Waals surface area (Å²) in [5.74, 6) is -0.497. The van der Waals surface area contributed by atoms with Crippen molar-refractivity contribution in [2.45, 2.75) is 12.7 Å². The highest BCUT2D eigenvalue weighted by Crippen LogP contribution is 2.39. The monoisotopic (exact) mass is 480 g/mol. The number of aromatic nitrogens is 2. The number of nitrogen functional groups attached to an aromatic ring is 1. The molecule has 7 nitrogen and oxygen atoms in total. The number of nitrogens with one attached hydrogen (secondary N) is 1. The topological polar surface area (TPSA) is 114 Å². The quantitative estimate of drug-likeness (QED) is 0.299. The lowest BCUT2D eigenvalue weighted by atomic mass is 10.0. The molecule has 4 rings (SSSR count). The Morgan fingerprint density at radius 2 is 1.94 bits per heavy atom. The molecule has 3 heterocycles. The van der Waals surface area contributed by atoms with Gasteiger partial charge >= 0.3 is 12.1 Å². The maximum atomic E-state index is 13.8. The standard InChI is InChI=1S/C25H19F3N4O3/c1-14(2-3-15-4-7-22(29)32-11-15)30-13-19-9-18-8-17(10-20(23(18)35-19)25(26,27)28)21-6-5-16(12-31-21)24(33)34/h2-12,30H,1,13H2,(H2,29,32)(H,33,34)/b3-2+. The smallest absolute Gasteiger partial charge is 0.420 e. The van der Waals surface area contributed by atoms with Crippen LogP contribution in [-0.2, 0) is 12.7 Å². The number of anilines is 1. The van der Waals surface area contributed by atoms with Gasteiger partial charge in [0.2, 0.25) is 0 Å². The molecule has 4 aromatic rings. The van der Waals surface area contributed by atoms with E-state index in [1.54, 1.807) is 30.5 Å². The van der Waals surface area contributed by atoms with Crippen LogP contribution in [0.15, 0.2) is 77.6 Å². The number of halogens is 3. The molecule has 3 aromatic heterocycles. The molecule has 4 N–H and O–H groups in total. The van der Waals surface area contributed by atoms with Gasteiger partial charge in [-0.3, -0.25) is 4.98 Å². The number of carboxylic acid groups (broad SMARTS) is 1. The summed E-state index contributed by atoms with van der Waals surface area (Å²) in [6.07, 6.45) is 1.48. The van der Waals surface area contributed by atoms with Crippen LogP contribution in [0.4, 0.5) is 19.0 Å². The van der Waals surface area contributed by atoms with E-state index in [2.05, 4.69) is 21.9 Å². The Bertz CT molecular complexity index is 1420. The predicted molar refractivity (Wildman–Crippen MR) is 125 cm³/mol. The number of furan rings is 1. The third-order valence-corrected chi connectivity index (χ3v) is 5.05. The first-order valence-corrected chi connectivity index (χ1v) is 10.3. The summed E-state index contributed by atoms with van der Waals surface area (Å²) in [6.45, 7) is 3.98. The van der Waals surface area contributed by atoms with Gasteiger partial charge in [-0.25, -0.2) is 9.78 Å². The Labute approximate surface area is 197 Å². The number of hydrogen-bond acceptors (Lipinski definition) is 6. The third-order valence-electron chi connectivity index (χ3n) is 5.05. The first-order chi connectivity index (χ1) is 16.6. The summed E-state index contributed by atoms with van der Waals surface area (Å²) in [5.41, 5.74) is 5.95. The van der Waals surface area contributed by atoms with Gasteiger partial charge in [0, 0.05) is 29.0 Å². The number of aromatic carboxylic acids is 1. The number of benzene rings is 1. The fraction of sp³-hybridized carbons (Fsp3) is 0.0800. The Balaban J connectivity index is 1.57. The van der Waals surface area contributed by atoms with Crippen molar-refractivity contribution in [3.8, 4) is 11.3 Å². The second kappa shape index (κ2) is 9.34. The molecular weight excluding hydrogens is 461 g/mol. The van der Waals surface area contributed by atoms with Gasteiger partial charge in [-0.15, -0.1) is 0 Å². The Kier molecular flexibility index (Phi) is 6.28. The normalized spacial score (nSPS) is 11.7. The predicted octanol–water partition coefficient (Wildman–Crippen LogP) is 5.51. The molecule has 178 valence electrons. The molecule has 0 aliphatic heterocycles. The van der Waals surface area contributed by atoms with Gasteiger partial charge in [-0.1, -0.05) is 12.7 Å². The van der Waals surface area contributed by atoms with E-state index in [1.807, 2.05) is 0 Å². The number of allylic oxidation sites excluding steroid dienone is 1. The molecule has 0 radical (unpaired) electrons. The zero-order valence-electron chi connectivity index (χ0n) is 18.1. The van der Waals surface area contributed by atoms with Crippen LogP contribution in [0.2, 0.25) is 0 Å². The largest absolute Gasteiger partial charge is 0.478 e. The minimum Gasteiger partial charge on any atom is -0.478 e.